The largest absolute Gasteiger partial charge is 0.460 e. The lowest BCUT2D eigenvalue weighted by atomic mass is 9.89. The van der Waals surface area contributed by atoms with Crippen LogP contribution in [0.25, 0.3) is 0 Å². The van der Waals surface area contributed by atoms with Crippen LogP contribution in [0.2, 0.25) is 0 Å². The van der Waals surface area contributed by atoms with Gasteiger partial charge in [-0.2, -0.15) is 0 Å². The number of esters is 1. The first kappa shape index (κ1) is 17.4. The Morgan fingerprint density at radius 2 is 1.89 bits per heavy atom. The Kier molecular flexibility index (Phi) is 8.25. The highest BCUT2D eigenvalue weighted by Crippen LogP contribution is 2.23. The van der Waals surface area contributed by atoms with E-state index in [0.29, 0.717) is 5.92 Å². The van der Waals surface area contributed by atoms with Gasteiger partial charge in [0, 0.05) is 0 Å². The van der Waals surface area contributed by atoms with E-state index >= 15 is 0 Å². The Balaban J connectivity index is 4.09. The fraction of sp³-hybridized carbons (Fsp3) is 0.933. The Labute approximate surface area is 112 Å². The number of carbonyl (C=O) groups excluding carboxylic acids is 1. The summed E-state index contributed by atoms with van der Waals surface area (Å²) in [6, 6.07) is 0. The third-order valence-corrected chi connectivity index (χ3v) is 3.14. The molecule has 0 aliphatic rings. The molecule has 2 atom stereocenters. The van der Waals surface area contributed by atoms with Crippen LogP contribution in [0, 0.1) is 11.8 Å². The van der Waals surface area contributed by atoms with Crippen molar-refractivity contribution in [2.75, 3.05) is 6.54 Å². The summed E-state index contributed by atoms with van der Waals surface area (Å²) in [5.41, 5.74) is 5.12. The molecule has 0 rings (SSSR count). The number of unbranched alkanes of at least 4 members (excludes halogenated alkanes) is 1. The fourth-order valence-corrected chi connectivity index (χ4v) is 2.06. The molecular weight excluding hydrogens is 226 g/mol. The number of hydrogen-bond acceptors (Lipinski definition) is 3. The summed E-state index contributed by atoms with van der Waals surface area (Å²) in [5.74, 6) is 0.533. The summed E-state index contributed by atoms with van der Waals surface area (Å²) in [5, 5.41) is 0. The zero-order valence-electron chi connectivity index (χ0n) is 12.8. The van der Waals surface area contributed by atoms with Crippen molar-refractivity contribution in [2.24, 2.45) is 17.6 Å². The lowest BCUT2D eigenvalue weighted by Crippen LogP contribution is -2.28. The van der Waals surface area contributed by atoms with E-state index in [0.717, 1.165) is 32.2 Å². The first-order valence-corrected chi connectivity index (χ1v) is 7.23. The van der Waals surface area contributed by atoms with Crippen LogP contribution in [-0.2, 0) is 9.53 Å². The molecule has 0 saturated heterocycles. The molecule has 0 spiro atoms. The molecular formula is C15H31NO2. The molecule has 0 fully saturated rings. The molecule has 2 N–H and O–H groups in total. The van der Waals surface area contributed by atoms with Gasteiger partial charge in [0.05, 0.1) is 5.92 Å². The number of carbonyl (C=O) groups is 1. The number of ether oxygens (including phenoxy) is 1. The van der Waals surface area contributed by atoms with Crippen molar-refractivity contribution >= 4 is 5.97 Å². The van der Waals surface area contributed by atoms with E-state index in [-0.39, 0.29) is 17.5 Å². The molecule has 2 unspecified atom stereocenters. The lowest BCUT2D eigenvalue weighted by molar-refractivity contribution is -0.160. The topological polar surface area (TPSA) is 52.3 Å². The molecule has 18 heavy (non-hydrogen) atoms. The van der Waals surface area contributed by atoms with E-state index in [4.69, 9.17) is 10.5 Å². The average molecular weight is 257 g/mol. The van der Waals surface area contributed by atoms with Crippen LogP contribution in [0.4, 0.5) is 0 Å². The molecule has 3 heteroatoms. The predicted octanol–water partition coefficient (Wildman–Crippen LogP) is 3.51. The van der Waals surface area contributed by atoms with Gasteiger partial charge in [0.15, 0.2) is 0 Å². The van der Waals surface area contributed by atoms with Gasteiger partial charge in [-0.1, -0.05) is 33.1 Å². The summed E-state index contributed by atoms with van der Waals surface area (Å²) >= 11 is 0. The SMILES string of the molecule is CCC(CCCCN)CC(C)C(=O)OC(C)(C)C. The molecule has 3 nitrogen and oxygen atoms in total. The number of nitrogens with two attached hydrogens (primary N) is 1. The van der Waals surface area contributed by atoms with Crippen molar-refractivity contribution in [3.63, 3.8) is 0 Å². The second-order valence-electron chi connectivity index (χ2n) is 6.23. The standard InChI is InChI=1S/C15H31NO2/c1-6-13(9-7-8-10-16)11-12(2)14(17)18-15(3,4)5/h12-13H,6-11,16H2,1-5H3. The van der Waals surface area contributed by atoms with E-state index in [1.807, 2.05) is 27.7 Å². The minimum atomic E-state index is -0.382. The highest BCUT2D eigenvalue weighted by atomic mass is 16.6. The lowest BCUT2D eigenvalue weighted by Gasteiger charge is -2.24. The molecule has 0 saturated carbocycles. The maximum atomic E-state index is 11.9. The van der Waals surface area contributed by atoms with Gasteiger partial charge < -0.3 is 10.5 Å². The van der Waals surface area contributed by atoms with Gasteiger partial charge in [-0.05, 0) is 46.1 Å². The Morgan fingerprint density at radius 1 is 1.28 bits per heavy atom. The van der Waals surface area contributed by atoms with Crippen LogP contribution in [0.15, 0.2) is 0 Å². The smallest absolute Gasteiger partial charge is 0.309 e. The van der Waals surface area contributed by atoms with Crippen molar-refractivity contribution < 1.29 is 9.53 Å². The minimum absolute atomic E-state index is 0.00736. The number of rotatable bonds is 8. The molecule has 108 valence electrons. The highest BCUT2D eigenvalue weighted by Gasteiger charge is 2.23. The van der Waals surface area contributed by atoms with E-state index < -0.39 is 0 Å². The minimum Gasteiger partial charge on any atom is -0.460 e. The van der Waals surface area contributed by atoms with Gasteiger partial charge >= 0.3 is 5.97 Å². The summed E-state index contributed by atoms with van der Waals surface area (Å²) < 4.78 is 5.41. The molecule has 0 amide bonds. The van der Waals surface area contributed by atoms with Crippen molar-refractivity contribution in [1.82, 2.24) is 0 Å². The predicted molar refractivity (Wildman–Crippen MR) is 76.3 cm³/mol. The van der Waals surface area contributed by atoms with Crippen LogP contribution in [0.5, 0.6) is 0 Å². The van der Waals surface area contributed by atoms with Gasteiger partial charge in [-0.25, -0.2) is 0 Å². The fourth-order valence-electron chi connectivity index (χ4n) is 2.06. The van der Waals surface area contributed by atoms with Gasteiger partial charge in [0.1, 0.15) is 5.60 Å². The molecule has 0 bridgehead atoms. The zero-order chi connectivity index (χ0) is 14.2. The highest BCUT2D eigenvalue weighted by molar-refractivity contribution is 5.72. The van der Waals surface area contributed by atoms with E-state index in [1.165, 1.54) is 6.42 Å². The first-order valence-electron chi connectivity index (χ1n) is 7.23. The summed E-state index contributed by atoms with van der Waals surface area (Å²) in [6.45, 7) is 10.7. The normalized spacial score (nSPS) is 15.2. The van der Waals surface area contributed by atoms with Crippen molar-refractivity contribution in [3.05, 3.63) is 0 Å². The molecule has 0 aliphatic heterocycles. The van der Waals surface area contributed by atoms with Gasteiger partial charge in [-0.3, -0.25) is 4.79 Å². The maximum Gasteiger partial charge on any atom is 0.309 e. The Morgan fingerprint density at radius 3 is 2.33 bits per heavy atom. The summed E-state index contributed by atoms with van der Waals surface area (Å²) in [6.07, 6.45) is 5.46. The zero-order valence-corrected chi connectivity index (χ0v) is 12.8. The van der Waals surface area contributed by atoms with Crippen LogP contribution in [-0.4, -0.2) is 18.1 Å². The number of hydrogen-bond donors (Lipinski definition) is 1. The van der Waals surface area contributed by atoms with Crippen LogP contribution in [0.1, 0.15) is 66.7 Å². The third-order valence-electron chi connectivity index (χ3n) is 3.14. The van der Waals surface area contributed by atoms with E-state index in [2.05, 4.69) is 6.92 Å². The van der Waals surface area contributed by atoms with Gasteiger partial charge in [0.2, 0.25) is 0 Å². The molecule has 0 aromatic heterocycles. The van der Waals surface area contributed by atoms with Crippen LogP contribution >= 0.6 is 0 Å². The van der Waals surface area contributed by atoms with E-state index in [1.54, 1.807) is 0 Å². The third kappa shape index (κ3) is 8.51. The van der Waals surface area contributed by atoms with E-state index in [9.17, 15) is 4.79 Å². The van der Waals surface area contributed by atoms with Gasteiger partial charge in [-0.15, -0.1) is 0 Å². The van der Waals surface area contributed by atoms with Crippen molar-refractivity contribution in [2.45, 2.75) is 72.3 Å². The second kappa shape index (κ2) is 8.52. The molecule has 0 aromatic rings. The average Bonchev–Trinajstić information content (AvgIpc) is 2.25. The Hall–Kier alpha value is -0.570. The molecule has 0 radical (unpaired) electrons. The summed E-state index contributed by atoms with van der Waals surface area (Å²) in [7, 11) is 0. The maximum absolute atomic E-state index is 11.9. The van der Waals surface area contributed by atoms with Crippen molar-refractivity contribution in [3.8, 4) is 0 Å². The van der Waals surface area contributed by atoms with Crippen LogP contribution < -0.4 is 5.73 Å². The van der Waals surface area contributed by atoms with Gasteiger partial charge in [0.25, 0.3) is 0 Å². The quantitative estimate of drug-likeness (QED) is 0.535. The van der Waals surface area contributed by atoms with Crippen LogP contribution in [0.3, 0.4) is 0 Å². The summed E-state index contributed by atoms with van der Waals surface area (Å²) in [4.78, 5) is 11.9. The molecule has 0 heterocycles. The monoisotopic (exact) mass is 257 g/mol. The molecule has 0 aromatic carbocycles. The Bertz CT molecular complexity index is 233. The first-order chi connectivity index (χ1) is 8.30. The second-order valence-corrected chi connectivity index (χ2v) is 6.23. The molecule has 0 aliphatic carbocycles. The van der Waals surface area contributed by atoms with Crippen molar-refractivity contribution in [1.29, 1.82) is 0 Å².